The maximum Gasteiger partial charge on any atom is 0.354 e. The lowest BCUT2D eigenvalue weighted by Gasteiger charge is -2.22. The smallest absolute Gasteiger partial charge is 0.354 e. The third kappa shape index (κ3) is 3.19. The summed E-state index contributed by atoms with van der Waals surface area (Å²) < 4.78 is 4.86. The molecule has 0 saturated heterocycles. The van der Waals surface area contributed by atoms with Crippen molar-refractivity contribution in [3.8, 4) is 6.07 Å². The van der Waals surface area contributed by atoms with Gasteiger partial charge in [-0.15, -0.1) is 0 Å². The molecule has 0 radical (unpaired) electrons. The molecule has 1 aromatic rings. The zero-order chi connectivity index (χ0) is 15.3. The van der Waals surface area contributed by atoms with Crippen LogP contribution < -0.4 is 0 Å². The number of oxime groups is 1. The second-order valence-electron chi connectivity index (χ2n) is 4.62. The summed E-state index contributed by atoms with van der Waals surface area (Å²) in [5, 5.41) is 13.0. The Bertz CT molecular complexity index is 609. The van der Waals surface area contributed by atoms with Gasteiger partial charge in [0.25, 0.3) is 0 Å². The summed E-state index contributed by atoms with van der Waals surface area (Å²) in [6, 6.07) is 9.19. The zero-order valence-electron chi connectivity index (χ0n) is 12.0. The van der Waals surface area contributed by atoms with Crippen molar-refractivity contribution in [2.24, 2.45) is 5.16 Å². The Balaban J connectivity index is 2.22. The van der Waals surface area contributed by atoms with E-state index in [-0.39, 0.29) is 0 Å². The van der Waals surface area contributed by atoms with Crippen molar-refractivity contribution in [3.05, 3.63) is 35.4 Å². The van der Waals surface area contributed by atoms with Crippen LogP contribution in [0.25, 0.3) is 0 Å². The molecule has 2 rings (SSSR count). The van der Waals surface area contributed by atoms with Crippen LogP contribution in [0.5, 0.6) is 0 Å². The first-order valence-corrected chi connectivity index (χ1v) is 7.72. The van der Waals surface area contributed by atoms with Gasteiger partial charge in [-0.2, -0.15) is 17.0 Å². The second kappa shape index (κ2) is 6.64. The Kier molecular flexibility index (Phi) is 4.86. The minimum atomic E-state index is -1.06. The van der Waals surface area contributed by atoms with Gasteiger partial charge < -0.3 is 9.57 Å². The zero-order valence-corrected chi connectivity index (χ0v) is 12.8. The number of methoxy groups -OCH3 is 1. The van der Waals surface area contributed by atoms with E-state index in [9.17, 15) is 4.79 Å². The lowest BCUT2D eigenvalue weighted by molar-refractivity contribution is -0.163. The fourth-order valence-electron chi connectivity index (χ4n) is 2.10. The number of hydrogen-bond donors (Lipinski definition) is 0. The summed E-state index contributed by atoms with van der Waals surface area (Å²) in [6.45, 7) is 2.02. The van der Waals surface area contributed by atoms with Crippen molar-refractivity contribution >= 4 is 23.4 Å². The molecule has 110 valence electrons. The molecule has 21 heavy (non-hydrogen) atoms. The van der Waals surface area contributed by atoms with Crippen molar-refractivity contribution in [2.75, 3.05) is 18.6 Å². The van der Waals surface area contributed by atoms with Crippen LogP contribution in [0.15, 0.2) is 29.4 Å². The van der Waals surface area contributed by atoms with Gasteiger partial charge >= 0.3 is 5.97 Å². The molecule has 5 nitrogen and oxygen atoms in total. The van der Waals surface area contributed by atoms with Gasteiger partial charge in [-0.05, 0) is 17.9 Å². The van der Waals surface area contributed by atoms with Crippen LogP contribution >= 0.6 is 11.8 Å². The molecular formula is C15H16N2O3S. The van der Waals surface area contributed by atoms with Crippen LogP contribution in [0.4, 0.5) is 0 Å². The third-order valence-electron chi connectivity index (χ3n) is 3.21. The third-order valence-corrected chi connectivity index (χ3v) is 4.28. The second-order valence-corrected chi connectivity index (χ2v) is 5.90. The van der Waals surface area contributed by atoms with Crippen molar-refractivity contribution in [2.45, 2.75) is 18.9 Å². The molecule has 1 heterocycles. The van der Waals surface area contributed by atoms with Crippen LogP contribution in [-0.4, -0.2) is 35.9 Å². The molecule has 0 aliphatic carbocycles. The highest BCUT2D eigenvalue weighted by Crippen LogP contribution is 2.31. The Morgan fingerprint density at radius 1 is 1.62 bits per heavy atom. The van der Waals surface area contributed by atoms with E-state index < -0.39 is 11.6 Å². The minimum Gasteiger partial charge on any atom is -0.466 e. The molecule has 1 aliphatic rings. The Morgan fingerprint density at radius 2 is 2.43 bits per heavy atom. The van der Waals surface area contributed by atoms with E-state index in [2.05, 4.69) is 11.2 Å². The van der Waals surface area contributed by atoms with Gasteiger partial charge in [0.05, 0.1) is 24.5 Å². The van der Waals surface area contributed by atoms with E-state index in [4.69, 9.17) is 14.8 Å². The van der Waals surface area contributed by atoms with Crippen LogP contribution in [0.2, 0.25) is 0 Å². The number of hydrogen-bond acceptors (Lipinski definition) is 6. The van der Waals surface area contributed by atoms with Crippen molar-refractivity contribution in [1.29, 1.82) is 5.26 Å². The first-order valence-electron chi connectivity index (χ1n) is 6.57. The van der Waals surface area contributed by atoms with Gasteiger partial charge in [-0.25, -0.2) is 4.79 Å². The summed E-state index contributed by atoms with van der Waals surface area (Å²) in [6.07, 6.45) is 0.349. The Morgan fingerprint density at radius 3 is 3.10 bits per heavy atom. The number of esters is 1. The van der Waals surface area contributed by atoms with E-state index in [1.165, 1.54) is 7.11 Å². The molecule has 6 heteroatoms. The summed E-state index contributed by atoms with van der Waals surface area (Å²) in [4.78, 5) is 17.5. The van der Waals surface area contributed by atoms with E-state index >= 15 is 0 Å². The first-order chi connectivity index (χ1) is 10.1. The molecular weight excluding hydrogens is 288 g/mol. The fraction of sp³-hybridized carbons (Fsp3) is 0.400. The maximum absolute atomic E-state index is 12.1. The number of benzene rings is 1. The number of nitriles is 1. The van der Waals surface area contributed by atoms with Crippen LogP contribution in [-0.2, 0) is 14.4 Å². The number of rotatable bonds is 5. The highest BCUT2D eigenvalue weighted by molar-refractivity contribution is 7.99. The first kappa shape index (κ1) is 15.4. The van der Waals surface area contributed by atoms with Crippen LogP contribution in [0.1, 0.15) is 24.5 Å². The Hall–Kier alpha value is -2.00. The molecule has 0 spiro atoms. The normalized spacial score (nSPS) is 20.3. The molecule has 0 bridgehead atoms. The van der Waals surface area contributed by atoms with Gasteiger partial charge in [-0.1, -0.05) is 24.2 Å². The molecule has 0 aromatic heterocycles. The number of nitrogens with zero attached hydrogens (tertiary/aromatic N) is 2. The summed E-state index contributed by atoms with van der Waals surface area (Å²) in [5.74, 6) is 0.946. The predicted octanol–water partition coefficient (Wildman–Crippen LogP) is 2.35. The summed E-state index contributed by atoms with van der Waals surface area (Å²) >= 11 is 1.60. The SMILES string of the molecule is CCSCC1(C(=O)OC)CC(c2cccc(C#N)c2)=NO1. The summed E-state index contributed by atoms with van der Waals surface area (Å²) in [5.41, 5.74) is 0.942. The molecule has 0 amide bonds. The molecule has 1 aromatic carbocycles. The number of thioether (sulfide) groups is 1. The maximum atomic E-state index is 12.1. The average molecular weight is 304 g/mol. The molecule has 1 unspecified atom stereocenters. The molecule has 1 aliphatic heterocycles. The van der Waals surface area contributed by atoms with Gasteiger partial charge in [0.2, 0.25) is 5.60 Å². The van der Waals surface area contributed by atoms with Crippen molar-refractivity contribution < 1.29 is 14.4 Å². The van der Waals surface area contributed by atoms with Crippen molar-refractivity contribution in [3.63, 3.8) is 0 Å². The monoisotopic (exact) mass is 304 g/mol. The van der Waals surface area contributed by atoms with E-state index in [1.54, 1.807) is 30.0 Å². The molecule has 1 atom stereocenters. The molecule has 0 N–H and O–H groups in total. The standard InChI is InChI=1S/C15H16N2O3S/c1-3-21-10-15(14(18)19-2)8-13(17-20-15)12-6-4-5-11(7-12)9-16/h4-7H,3,8,10H2,1-2H3. The molecule has 0 fully saturated rings. The van der Waals surface area contributed by atoms with E-state index in [0.29, 0.717) is 23.4 Å². The van der Waals surface area contributed by atoms with Gasteiger partial charge in [0.15, 0.2) is 0 Å². The van der Waals surface area contributed by atoms with Crippen molar-refractivity contribution in [1.82, 2.24) is 0 Å². The van der Waals surface area contributed by atoms with Crippen LogP contribution in [0, 0.1) is 11.3 Å². The summed E-state index contributed by atoms with van der Waals surface area (Å²) in [7, 11) is 1.35. The quantitative estimate of drug-likeness (QED) is 0.781. The van der Waals surface area contributed by atoms with E-state index in [1.807, 2.05) is 13.0 Å². The number of ether oxygens (including phenoxy) is 1. The number of carbonyl (C=O) groups is 1. The van der Waals surface area contributed by atoms with Crippen LogP contribution in [0.3, 0.4) is 0 Å². The lowest BCUT2D eigenvalue weighted by atomic mass is 9.95. The van der Waals surface area contributed by atoms with Gasteiger partial charge in [-0.3, -0.25) is 0 Å². The fourth-order valence-corrected chi connectivity index (χ4v) is 2.91. The topological polar surface area (TPSA) is 71.7 Å². The predicted molar refractivity (Wildman–Crippen MR) is 81.1 cm³/mol. The largest absolute Gasteiger partial charge is 0.466 e. The number of carbonyl (C=O) groups excluding carboxylic acids is 1. The van der Waals surface area contributed by atoms with Gasteiger partial charge in [0.1, 0.15) is 0 Å². The molecule has 0 saturated carbocycles. The van der Waals surface area contributed by atoms with E-state index in [0.717, 1.165) is 11.3 Å². The van der Waals surface area contributed by atoms with Gasteiger partial charge in [0, 0.05) is 17.7 Å². The Labute approximate surface area is 127 Å². The average Bonchev–Trinajstić information content (AvgIpc) is 2.98. The minimum absolute atomic E-state index is 0.349. The highest BCUT2D eigenvalue weighted by Gasteiger charge is 2.47. The lowest BCUT2D eigenvalue weighted by Crippen LogP contribution is -2.42. The highest BCUT2D eigenvalue weighted by atomic mass is 32.2.